The second-order valence-corrected chi connectivity index (χ2v) is 2.54. The van der Waals surface area contributed by atoms with Crippen LogP contribution in [0.2, 0.25) is 0 Å². The number of carbonyl (C=O) groups excluding carboxylic acids is 1. The lowest BCUT2D eigenvalue weighted by atomic mass is 10.4. The molecule has 0 amide bonds. The van der Waals surface area contributed by atoms with Crippen LogP contribution in [-0.4, -0.2) is 25.7 Å². The Morgan fingerprint density at radius 3 is 3.08 bits per heavy atom. The zero-order valence-electron chi connectivity index (χ0n) is 6.81. The van der Waals surface area contributed by atoms with E-state index in [0.717, 1.165) is 4.68 Å². The highest BCUT2D eigenvalue weighted by molar-refractivity contribution is 5.86. The van der Waals surface area contributed by atoms with Crippen LogP contribution in [0.15, 0.2) is 17.3 Å². The molecule has 2 heterocycles. The van der Waals surface area contributed by atoms with E-state index in [9.17, 15) is 9.59 Å². The van der Waals surface area contributed by atoms with Gasteiger partial charge in [0.2, 0.25) is 5.91 Å². The van der Waals surface area contributed by atoms with Crippen LogP contribution in [0.25, 0.3) is 11.0 Å². The van der Waals surface area contributed by atoms with Crippen LogP contribution < -0.4 is 5.56 Å². The smallest absolute Gasteiger partial charge is 0.261 e. The van der Waals surface area contributed by atoms with Gasteiger partial charge in [-0.15, -0.1) is 0 Å². The number of nitrogens with zero attached hydrogens (tertiary/aromatic N) is 3. The molecule has 13 heavy (non-hydrogen) atoms. The van der Waals surface area contributed by atoms with E-state index >= 15 is 0 Å². The molecule has 0 spiro atoms. The third-order valence-electron chi connectivity index (χ3n) is 1.67. The van der Waals surface area contributed by atoms with Crippen molar-refractivity contribution in [1.82, 2.24) is 19.7 Å². The Bertz CT molecular complexity index is 525. The Labute approximate surface area is 72.2 Å². The first kappa shape index (κ1) is 7.66. The maximum atomic E-state index is 11.2. The van der Waals surface area contributed by atoms with Gasteiger partial charge in [0.25, 0.3) is 5.56 Å². The van der Waals surface area contributed by atoms with Crippen molar-refractivity contribution in [2.24, 2.45) is 0 Å². The minimum absolute atomic E-state index is 0.270. The molecule has 0 aliphatic heterocycles. The summed E-state index contributed by atoms with van der Waals surface area (Å²) in [6, 6.07) is 0. The molecule has 0 bridgehead atoms. The third-order valence-corrected chi connectivity index (χ3v) is 1.67. The van der Waals surface area contributed by atoms with Crippen molar-refractivity contribution in [3.63, 3.8) is 0 Å². The Hall–Kier alpha value is -1.98. The van der Waals surface area contributed by atoms with Gasteiger partial charge in [0.05, 0.1) is 12.5 Å². The van der Waals surface area contributed by atoms with Crippen molar-refractivity contribution in [2.75, 3.05) is 0 Å². The summed E-state index contributed by atoms with van der Waals surface area (Å²) in [5.41, 5.74) is -0.00579. The van der Waals surface area contributed by atoms with Gasteiger partial charge in [-0.25, -0.2) is 4.98 Å². The molecular weight excluding hydrogens is 172 g/mol. The van der Waals surface area contributed by atoms with Gasteiger partial charge in [-0.1, -0.05) is 0 Å². The molecule has 6 nitrogen and oxygen atoms in total. The number of H-pyrrole nitrogens is 1. The van der Waals surface area contributed by atoms with Crippen LogP contribution >= 0.6 is 0 Å². The maximum absolute atomic E-state index is 11.2. The summed E-state index contributed by atoms with van der Waals surface area (Å²) < 4.78 is 1.09. The van der Waals surface area contributed by atoms with Gasteiger partial charge < -0.3 is 4.98 Å². The van der Waals surface area contributed by atoms with Gasteiger partial charge >= 0.3 is 0 Å². The molecule has 0 saturated heterocycles. The summed E-state index contributed by atoms with van der Waals surface area (Å²) in [5, 5.41) is 4.06. The first-order valence-corrected chi connectivity index (χ1v) is 3.62. The van der Waals surface area contributed by atoms with Crippen molar-refractivity contribution < 1.29 is 4.79 Å². The Kier molecular flexibility index (Phi) is 1.48. The van der Waals surface area contributed by atoms with Crippen molar-refractivity contribution >= 4 is 16.9 Å². The third kappa shape index (κ3) is 1.03. The fourth-order valence-electron chi connectivity index (χ4n) is 1.09. The predicted octanol–water partition coefficient (Wildman–Crippen LogP) is -0.220. The highest BCUT2D eigenvalue weighted by Gasteiger charge is 2.08. The van der Waals surface area contributed by atoms with Gasteiger partial charge in [-0.3, -0.25) is 9.59 Å². The topological polar surface area (TPSA) is 80.6 Å². The predicted molar refractivity (Wildman–Crippen MR) is 44.4 cm³/mol. The van der Waals surface area contributed by atoms with Crippen LogP contribution in [-0.2, 0) is 0 Å². The van der Waals surface area contributed by atoms with Gasteiger partial charge in [0, 0.05) is 6.92 Å². The zero-order chi connectivity index (χ0) is 9.42. The number of fused-ring (bicyclic) bond motifs is 1. The minimum Gasteiger partial charge on any atom is -0.312 e. The van der Waals surface area contributed by atoms with E-state index in [1.165, 1.54) is 19.4 Å². The molecule has 0 aliphatic rings. The molecular formula is C7H6N4O2. The van der Waals surface area contributed by atoms with Gasteiger partial charge in [0.1, 0.15) is 5.39 Å². The fourth-order valence-corrected chi connectivity index (χ4v) is 1.09. The number of aromatic amines is 1. The van der Waals surface area contributed by atoms with Gasteiger partial charge in [0.15, 0.2) is 5.65 Å². The van der Waals surface area contributed by atoms with Crippen molar-refractivity contribution in [1.29, 1.82) is 0 Å². The average molecular weight is 178 g/mol. The molecule has 0 saturated carbocycles. The van der Waals surface area contributed by atoms with Crippen LogP contribution in [0, 0.1) is 0 Å². The molecule has 2 aromatic rings. The maximum Gasteiger partial charge on any atom is 0.261 e. The lowest BCUT2D eigenvalue weighted by Gasteiger charge is -1.93. The summed E-state index contributed by atoms with van der Waals surface area (Å²) in [4.78, 5) is 28.4. The van der Waals surface area contributed by atoms with E-state index in [4.69, 9.17) is 0 Å². The first-order valence-electron chi connectivity index (χ1n) is 3.62. The molecule has 66 valence electrons. The second-order valence-electron chi connectivity index (χ2n) is 2.54. The fraction of sp³-hybridized carbons (Fsp3) is 0.143. The largest absolute Gasteiger partial charge is 0.312 e. The number of nitrogens with one attached hydrogen (secondary N) is 1. The molecule has 0 fully saturated rings. The summed E-state index contributed by atoms with van der Waals surface area (Å²) in [7, 11) is 0. The molecule has 0 aromatic carbocycles. The van der Waals surface area contributed by atoms with Gasteiger partial charge in [-0.2, -0.15) is 9.78 Å². The van der Waals surface area contributed by atoms with Gasteiger partial charge in [-0.05, 0) is 0 Å². The van der Waals surface area contributed by atoms with Crippen molar-refractivity contribution in [3.05, 3.63) is 22.9 Å². The van der Waals surface area contributed by atoms with Crippen LogP contribution in [0.4, 0.5) is 0 Å². The highest BCUT2D eigenvalue weighted by Crippen LogP contribution is 2.03. The van der Waals surface area contributed by atoms with E-state index in [0.29, 0.717) is 5.39 Å². The summed E-state index contributed by atoms with van der Waals surface area (Å²) in [6.07, 6.45) is 2.56. The van der Waals surface area contributed by atoms with E-state index in [2.05, 4.69) is 15.1 Å². The molecule has 0 unspecified atom stereocenters. The van der Waals surface area contributed by atoms with E-state index in [1.807, 2.05) is 0 Å². The van der Waals surface area contributed by atoms with Crippen LogP contribution in [0.5, 0.6) is 0 Å². The molecule has 0 atom stereocenters. The number of aromatic nitrogens is 4. The standard InChI is InChI=1S/C7H6N4O2/c1-4(12)11-6-5(2-10-11)7(13)9-3-8-6/h2-3H,1H3,(H,8,9,13). The highest BCUT2D eigenvalue weighted by atomic mass is 16.2. The molecule has 0 aliphatic carbocycles. The van der Waals surface area contributed by atoms with Crippen LogP contribution in [0.3, 0.4) is 0 Å². The zero-order valence-corrected chi connectivity index (χ0v) is 6.81. The summed E-state index contributed by atoms with van der Waals surface area (Å²) >= 11 is 0. The molecule has 0 radical (unpaired) electrons. The summed E-state index contributed by atoms with van der Waals surface area (Å²) in [5.74, 6) is -0.270. The molecule has 2 aromatic heterocycles. The number of rotatable bonds is 0. The average Bonchev–Trinajstić information content (AvgIpc) is 2.48. The van der Waals surface area contributed by atoms with E-state index < -0.39 is 0 Å². The van der Waals surface area contributed by atoms with Crippen molar-refractivity contribution in [3.8, 4) is 0 Å². The lowest BCUT2D eigenvalue weighted by molar-refractivity contribution is 0.0926. The number of hydrogen-bond acceptors (Lipinski definition) is 4. The molecule has 2 rings (SSSR count). The SMILES string of the molecule is CC(=O)n1ncc2c(=O)[nH]cnc21. The van der Waals surface area contributed by atoms with Crippen molar-refractivity contribution in [2.45, 2.75) is 6.92 Å². The Balaban J connectivity index is 2.91. The number of carbonyl (C=O) groups is 1. The minimum atomic E-state index is -0.294. The lowest BCUT2D eigenvalue weighted by Crippen LogP contribution is -2.10. The summed E-state index contributed by atoms with van der Waals surface area (Å²) in [6.45, 7) is 1.36. The quantitative estimate of drug-likeness (QED) is 0.604. The normalized spacial score (nSPS) is 10.5. The molecule has 6 heteroatoms. The Morgan fingerprint density at radius 1 is 1.62 bits per heavy atom. The molecule has 1 N–H and O–H groups in total. The van der Waals surface area contributed by atoms with E-state index in [-0.39, 0.29) is 17.1 Å². The second kappa shape index (κ2) is 2.51. The first-order chi connectivity index (χ1) is 6.20. The number of hydrogen-bond donors (Lipinski definition) is 1. The Morgan fingerprint density at radius 2 is 2.38 bits per heavy atom. The monoisotopic (exact) mass is 178 g/mol. The van der Waals surface area contributed by atoms with Crippen LogP contribution in [0.1, 0.15) is 11.7 Å². The van der Waals surface area contributed by atoms with E-state index in [1.54, 1.807) is 0 Å².